The maximum Gasteiger partial charge on any atom is 3.00 e. The van der Waals surface area contributed by atoms with Gasteiger partial charge in [0.05, 0.1) is 10.2 Å². The van der Waals surface area contributed by atoms with E-state index in [1.165, 1.54) is 0 Å². The van der Waals surface area contributed by atoms with Crippen molar-refractivity contribution >= 4 is 26.2 Å². The second kappa shape index (κ2) is 15.9. The van der Waals surface area contributed by atoms with Crippen molar-refractivity contribution in [2.75, 3.05) is 0 Å². The van der Waals surface area contributed by atoms with Gasteiger partial charge in [0.1, 0.15) is 0 Å². The van der Waals surface area contributed by atoms with Gasteiger partial charge in [0, 0.05) is 0 Å². The van der Waals surface area contributed by atoms with Crippen LogP contribution in [0.1, 0.15) is 0 Å². The molecule has 0 amide bonds. The molecule has 0 aromatic rings. The smallest absolute Gasteiger partial charge is 0.356 e. The van der Waals surface area contributed by atoms with E-state index >= 15 is 0 Å². The van der Waals surface area contributed by atoms with Gasteiger partial charge >= 0.3 is 43.3 Å². The molecule has 10 heteroatoms. The summed E-state index contributed by atoms with van der Waals surface area (Å²) in [6.07, 6.45) is 0. The molecule has 0 aliphatic carbocycles. The summed E-state index contributed by atoms with van der Waals surface area (Å²) in [7, 11) is 0. The van der Waals surface area contributed by atoms with Crippen LogP contribution in [0.15, 0.2) is 0 Å². The van der Waals surface area contributed by atoms with E-state index in [0.29, 0.717) is 0 Å². The molecule has 0 aromatic heterocycles. The Bertz CT molecular complexity index is 73.7. The van der Waals surface area contributed by atoms with Crippen LogP contribution in [0.3, 0.4) is 0 Å². The van der Waals surface area contributed by atoms with Crippen LogP contribution in [0.4, 0.5) is 0 Å². The molecule has 0 saturated carbocycles. The maximum atomic E-state index is 8.25. The zero-order valence-corrected chi connectivity index (χ0v) is 8.73. The van der Waals surface area contributed by atoms with Crippen molar-refractivity contribution in [3.63, 3.8) is 0 Å². The standard InChI is InChI=1S/Bi.Fe.2NO3/c;;2*2-1(3)4/q+3;+2;2*-1. The Hall–Kier alpha value is -0.197. The second-order valence-corrected chi connectivity index (χ2v) is 0.447. The number of rotatable bonds is 0. The van der Waals surface area contributed by atoms with E-state index in [1.807, 2.05) is 0 Å². The average molecular weight is 389 g/mol. The Morgan fingerprint density at radius 3 is 0.800 bits per heavy atom. The van der Waals surface area contributed by atoms with E-state index in [9.17, 15) is 0 Å². The molecule has 8 nitrogen and oxygen atoms in total. The molecule has 0 aromatic carbocycles. The molecule has 0 bridgehead atoms. The Morgan fingerprint density at radius 2 is 0.800 bits per heavy atom. The first-order valence-electron chi connectivity index (χ1n) is 1.10. The summed E-state index contributed by atoms with van der Waals surface area (Å²) in [5, 5.41) is 29.5. The normalized spacial score (nSPS) is 4.80. The summed E-state index contributed by atoms with van der Waals surface area (Å²) in [4.78, 5) is 16.5. The molecule has 0 unspecified atom stereocenters. The summed E-state index contributed by atoms with van der Waals surface area (Å²) in [6, 6.07) is 0. The van der Waals surface area contributed by atoms with Crippen molar-refractivity contribution in [1.82, 2.24) is 0 Å². The Balaban J connectivity index is -0.0000000300. The van der Waals surface area contributed by atoms with Gasteiger partial charge in [-0.2, -0.15) is 0 Å². The summed E-state index contributed by atoms with van der Waals surface area (Å²) < 4.78 is 0. The van der Waals surface area contributed by atoms with Crippen LogP contribution in [0, 0.1) is 30.6 Å². The minimum absolute atomic E-state index is 0. The molecule has 2 radical (unpaired) electrons. The van der Waals surface area contributed by atoms with Gasteiger partial charge in [-0.3, -0.25) is 0 Å². The van der Waals surface area contributed by atoms with Crippen LogP contribution in [0.2, 0.25) is 0 Å². The predicted octanol–water partition coefficient (Wildman–Crippen LogP) is -0.862. The third-order valence-corrected chi connectivity index (χ3v) is 0. The number of hydrogen-bond acceptors (Lipinski definition) is 6. The molecule has 0 saturated heterocycles. The van der Waals surface area contributed by atoms with Crippen LogP contribution in [0.5, 0.6) is 0 Å². The molecule has 56 valence electrons. The van der Waals surface area contributed by atoms with Gasteiger partial charge in [0.15, 0.2) is 0 Å². The fraction of sp³-hybridized carbons (Fsp3) is 0. The van der Waals surface area contributed by atoms with Gasteiger partial charge in [-0.05, 0) is 0 Å². The summed E-state index contributed by atoms with van der Waals surface area (Å²) in [5.41, 5.74) is 0. The largest absolute Gasteiger partial charge is 3.00 e. The third-order valence-electron chi connectivity index (χ3n) is 0. The fourth-order valence-corrected chi connectivity index (χ4v) is 0. The minimum atomic E-state index is -1.75. The van der Waals surface area contributed by atoms with Gasteiger partial charge in [-0.1, -0.05) is 0 Å². The topological polar surface area (TPSA) is 132 Å². The molecule has 0 aliphatic heterocycles. The van der Waals surface area contributed by atoms with E-state index in [4.69, 9.17) is 30.6 Å². The third kappa shape index (κ3) is 9270. The van der Waals surface area contributed by atoms with Crippen molar-refractivity contribution in [3.05, 3.63) is 30.6 Å². The molecule has 0 rings (SSSR count). The molecule has 10 heavy (non-hydrogen) atoms. The van der Waals surface area contributed by atoms with Gasteiger partial charge in [0.25, 0.3) is 0 Å². The maximum absolute atomic E-state index is 8.25. The van der Waals surface area contributed by atoms with Crippen molar-refractivity contribution in [3.8, 4) is 0 Å². The van der Waals surface area contributed by atoms with Crippen LogP contribution in [-0.2, 0) is 17.1 Å². The van der Waals surface area contributed by atoms with Gasteiger partial charge in [0.2, 0.25) is 0 Å². The second-order valence-electron chi connectivity index (χ2n) is 0.447. The van der Waals surface area contributed by atoms with Gasteiger partial charge in [-0.25, -0.2) is 0 Å². The number of nitrogens with zero attached hydrogens (tertiary/aromatic N) is 2. The first kappa shape index (κ1) is 22.6. The average Bonchev–Trinajstić information content (AvgIpc) is 1.25. The Kier molecular flexibility index (Phi) is 35.9. The van der Waals surface area contributed by atoms with E-state index in [1.54, 1.807) is 0 Å². The minimum Gasteiger partial charge on any atom is -0.356 e. The van der Waals surface area contributed by atoms with E-state index in [0.717, 1.165) is 0 Å². The zero-order chi connectivity index (χ0) is 7.15. The molecule has 0 atom stereocenters. The summed E-state index contributed by atoms with van der Waals surface area (Å²) in [5.74, 6) is 0. The van der Waals surface area contributed by atoms with Crippen LogP contribution < -0.4 is 0 Å². The molecule has 0 spiro atoms. The van der Waals surface area contributed by atoms with Crippen molar-refractivity contribution in [2.24, 2.45) is 0 Å². The Labute approximate surface area is 84.0 Å². The van der Waals surface area contributed by atoms with Crippen molar-refractivity contribution in [1.29, 1.82) is 0 Å². The molecule has 0 N–H and O–H groups in total. The van der Waals surface area contributed by atoms with E-state index in [-0.39, 0.29) is 43.3 Å². The van der Waals surface area contributed by atoms with E-state index < -0.39 is 10.2 Å². The van der Waals surface area contributed by atoms with Crippen molar-refractivity contribution in [2.45, 2.75) is 0 Å². The summed E-state index contributed by atoms with van der Waals surface area (Å²) >= 11 is 0. The van der Waals surface area contributed by atoms with Crippen LogP contribution >= 0.6 is 0 Å². The zero-order valence-electron chi connectivity index (χ0n) is 4.14. The molecule has 0 aliphatic rings. The fourth-order valence-electron chi connectivity index (χ4n) is 0. The van der Waals surface area contributed by atoms with Crippen molar-refractivity contribution < 1.29 is 27.2 Å². The molecular formula is BiFeN2O6+3. The summed E-state index contributed by atoms with van der Waals surface area (Å²) in [6.45, 7) is 0. The quantitative estimate of drug-likeness (QED) is 0.301. The molecular weight excluding hydrogens is 389 g/mol. The van der Waals surface area contributed by atoms with Gasteiger partial charge in [-0.15, -0.1) is 0 Å². The Morgan fingerprint density at radius 1 is 0.800 bits per heavy atom. The predicted molar refractivity (Wildman–Crippen MR) is 26.5 cm³/mol. The molecule has 0 fully saturated rings. The monoisotopic (exact) mass is 389 g/mol. The SMILES string of the molecule is O=[N+]([O-])[O-].O=[N+]([O-])[O-].[Bi+3].[Fe+2]. The van der Waals surface area contributed by atoms with E-state index in [2.05, 4.69) is 0 Å². The van der Waals surface area contributed by atoms with Crippen LogP contribution in [0.25, 0.3) is 0 Å². The van der Waals surface area contributed by atoms with Gasteiger partial charge < -0.3 is 30.6 Å². The van der Waals surface area contributed by atoms with Crippen LogP contribution in [-0.4, -0.2) is 36.4 Å². The first-order chi connectivity index (χ1) is 3.46. The number of hydrogen-bond donors (Lipinski definition) is 0. The first-order valence-corrected chi connectivity index (χ1v) is 1.10. The molecule has 0 heterocycles.